The zero-order chi connectivity index (χ0) is 14.5. The molecule has 21 heavy (non-hydrogen) atoms. The standard InChI is InChI=1S/C14H20N4O2.ClH/c1-16-13(19)12-4-2-3-7-18(12)14(20)10-5-6-17-11(8-10)9-15;/h5-6,8,12H,2-4,7,9,15H2,1H3,(H,16,19);1H. The van der Waals surface area contributed by atoms with Gasteiger partial charge in [0.15, 0.2) is 0 Å². The van der Waals surface area contributed by atoms with Crippen LogP contribution < -0.4 is 11.1 Å². The SMILES string of the molecule is CNC(=O)C1CCCCN1C(=O)c1ccnc(CN)c1.Cl. The van der Waals surface area contributed by atoms with Gasteiger partial charge in [-0.15, -0.1) is 12.4 Å². The Morgan fingerprint density at radius 3 is 2.90 bits per heavy atom. The number of carbonyl (C=O) groups is 2. The quantitative estimate of drug-likeness (QED) is 0.860. The molecule has 1 atom stereocenters. The van der Waals surface area contributed by atoms with Gasteiger partial charge in [-0.2, -0.15) is 0 Å². The molecule has 0 aromatic carbocycles. The Morgan fingerprint density at radius 2 is 2.24 bits per heavy atom. The van der Waals surface area contributed by atoms with Crippen LogP contribution in [0.5, 0.6) is 0 Å². The molecule has 6 nitrogen and oxygen atoms in total. The van der Waals surface area contributed by atoms with E-state index in [0.717, 1.165) is 12.8 Å². The van der Waals surface area contributed by atoms with E-state index in [1.807, 2.05) is 0 Å². The van der Waals surface area contributed by atoms with Gasteiger partial charge in [0.2, 0.25) is 5.91 Å². The van der Waals surface area contributed by atoms with Gasteiger partial charge in [-0.25, -0.2) is 0 Å². The highest BCUT2D eigenvalue weighted by molar-refractivity contribution is 5.97. The highest BCUT2D eigenvalue weighted by Crippen LogP contribution is 2.20. The third-order valence-electron chi connectivity index (χ3n) is 3.59. The lowest BCUT2D eigenvalue weighted by molar-refractivity contribution is -0.126. The maximum Gasteiger partial charge on any atom is 0.254 e. The number of likely N-dealkylation sites (N-methyl/N-ethyl adjacent to an activating group) is 1. The summed E-state index contributed by atoms with van der Waals surface area (Å²) in [5.41, 5.74) is 6.75. The molecule has 0 spiro atoms. The maximum absolute atomic E-state index is 12.6. The van der Waals surface area contributed by atoms with Crippen LogP contribution >= 0.6 is 12.4 Å². The zero-order valence-corrected chi connectivity index (χ0v) is 12.9. The van der Waals surface area contributed by atoms with E-state index in [9.17, 15) is 9.59 Å². The van der Waals surface area contributed by atoms with E-state index in [1.165, 1.54) is 0 Å². The highest BCUT2D eigenvalue weighted by atomic mass is 35.5. The van der Waals surface area contributed by atoms with Gasteiger partial charge < -0.3 is 16.0 Å². The minimum absolute atomic E-state index is 0. The Balaban J connectivity index is 0.00000220. The van der Waals surface area contributed by atoms with Crippen LogP contribution in [0.3, 0.4) is 0 Å². The third-order valence-corrected chi connectivity index (χ3v) is 3.59. The van der Waals surface area contributed by atoms with Crippen molar-refractivity contribution in [3.8, 4) is 0 Å². The number of nitrogens with two attached hydrogens (primary N) is 1. The van der Waals surface area contributed by atoms with Crippen molar-refractivity contribution in [1.29, 1.82) is 0 Å². The van der Waals surface area contributed by atoms with Crippen LogP contribution in [-0.2, 0) is 11.3 Å². The van der Waals surface area contributed by atoms with Crippen LogP contribution in [-0.4, -0.2) is 41.3 Å². The van der Waals surface area contributed by atoms with E-state index in [-0.39, 0.29) is 30.3 Å². The molecule has 2 amide bonds. The summed E-state index contributed by atoms with van der Waals surface area (Å²) < 4.78 is 0. The average Bonchev–Trinajstić information content (AvgIpc) is 2.53. The Kier molecular flexibility index (Phi) is 6.58. The van der Waals surface area contributed by atoms with E-state index < -0.39 is 0 Å². The van der Waals surface area contributed by atoms with E-state index in [1.54, 1.807) is 30.3 Å². The maximum atomic E-state index is 12.6. The second kappa shape index (κ2) is 7.95. The summed E-state index contributed by atoms with van der Waals surface area (Å²) in [5.74, 6) is -0.235. The lowest BCUT2D eigenvalue weighted by Crippen LogP contribution is -2.51. The van der Waals surface area contributed by atoms with Crippen molar-refractivity contribution in [2.45, 2.75) is 31.8 Å². The van der Waals surface area contributed by atoms with Crippen LogP contribution in [0.4, 0.5) is 0 Å². The topological polar surface area (TPSA) is 88.3 Å². The summed E-state index contributed by atoms with van der Waals surface area (Å²) in [4.78, 5) is 30.2. The Morgan fingerprint density at radius 1 is 1.48 bits per heavy atom. The van der Waals surface area contributed by atoms with Gasteiger partial charge in [-0.1, -0.05) is 0 Å². The monoisotopic (exact) mass is 312 g/mol. The lowest BCUT2D eigenvalue weighted by atomic mass is 10.00. The molecule has 1 aliphatic rings. The van der Waals surface area contributed by atoms with Gasteiger partial charge in [0.1, 0.15) is 6.04 Å². The van der Waals surface area contributed by atoms with E-state index >= 15 is 0 Å². The molecule has 1 fully saturated rings. The largest absolute Gasteiger partial charge is 0.357 e. The molecule has 2 heterocycles. The van der Waals surface area contributed by atoms with Crippen molar-refractivity contribution in [2.24, 2.45) is 5.73 Å². The molecule has 1 aliphatic heterocycles. The number of nitrogens with one attached hydrogen (secondary N) is 1. The third kappa shape index (κ3) is 3.92. The fourth-order valence-corrected chi connectivity index (χ4v) is 2.50. The Hall–Kier alpha value is -1.66. The second-order valence-electron chi connectivity index (χ2n) is 4.86. The van der Waals surface area contributed by atoms with Gasteiger partial charge in [0.25, 0.3) is 5.91 Å². The molecule has 7 heteroatoms. The fraction of sp³-hybridized carbons (Fsp3) is 0.500. The number of halogens is 1. The minimum Gasteiger partial charge on any atom is -0.357 e. The number of aromatic nitrogens is 1. The van der Waals surface area contributed by atoms with E-state index in [0.29, 0.717) is 30.8 Å². The van der Waals surface area contributed by atoms with Crippen LogP contribution in [0.2, 0.25) is 0 Å². The smallest absolute Gasteiger partial charge is 0.254 e. The molecule has 0 aliphatic carbocycles. The number of nitrogens with zero attached hydrogens (tertiary/aromatic N) is 2. The molecule has 1 aromatic rings. The normalized spacial score (nSPS) is 17.8. The molecule has 0 bridgehead atoms. The number of likely N-dealkylation sites (tertiary alicyclic amines) is 1. The first-order chi connectivity index (χ1) is 9.67. The average molecular weight is 313 g/mol. The first-order valence-electron chi connectivity index (χ1n) is 6.85. The summed E-state index contributed by atoms with van der Waals surface area (Å²) in [6, 6.07) is 2.98. The van der Waals surface area contributed by atoms with Crippen molar-refractivity contribution >= 4 is 24.2 Å². The summed E-state index contributed by atoms with van der Waals surface area (Å²) in [7, 11) is 1.60. The number of rotatable bonds is 3. The van der Waals surface area contributed by atoms with Crippen molar-refractivity contribution in [3.63, 3.8) is 0 Å². The summed E-state index contributed by atoms with van der Waals surface area (Å²) >= 11 is 0. The number of piperidine rings is 1. The van der Waals surface area contributed by atoms with Crippen LogP contribution in [0.25, 0.3) is 0 Å². The van der Waals surface area contributed by atoms with Crippen molar-refractivity contribution in [3.05, 3.63) is 29.6 Å². The van der Waals surface area contributed by atoms with Gasteiger partial charge in [-0.05, 0) is 31.4 Å². The van der Waals surface area contributed by atoms with Crippen molar-refractivity contribution < 1.29 is 9.59 Å². The Bertz CT molecular complexity index is 510. The molecule has 1 aromatic heterocycles. The minimum atomic E-state index is -0.379. The van der Waals surface area contributed by atoms with E-state index in [4.69, 9.17) is 5.73 Å². The van der Waals surface area contributed by atoms with Gasteiger partial charge in [-0.3, -0.25) is 14.6 Å². The molecule has 2 rings (SSSR count). The van der Waals surface area contributed by atoms with E-state index in [2.05, 4.69) is 10.3 Å². The number of hydrogen-bond acceptors (Lipinski definition) is 4. The molecule has 1 saturated heterocycles. The van der Waals surface area contributed by atoms with Crippen LogP contribution in [0.1, 0.15) is 35.3 Å². The summed E-state index contributed by atoms with van der Waals surface area (Å²) in [6.45, 7) is 0.900. The molecule has 116 valence electrons. The van der Waals surface area contributed by atoms with Crippen LogP contribution in [0, 0.1) is 0 Å². The predicted octanol–water partition coefficient (Wildman–Crippen LogP) is 0.703. The number of carbonyl (C=O) groups excluding carboxylic acids is 2. The molecule has 1 unspecified atom stereocenters. The van der Waals surface area contributed by atoms with Gasteiger partial charge >= 0.3 is 0 Å². The number of pyridine rings is 1. The molecule has 0 saturated carbocycles. The van der Waals surface area contributed by atoms with Crippen LogP contribution in [0.15, 0.2) is 18.3 Å². The number of amides is 2. The zero-order valence-electron chi connectivity index (χ0n) is 12.0. The van der Waals surface area contributed by atoms with Gasteiger partial charge in [0.05, 0.1) is 5.69 Å². The second-order valence-corrected chi connectivity index (χ2v) is 4.86. The molecular weight excluding hydrogens is 292 g/mol. The summed E-state index contributed by atoms with van der Waals surface area (Å²) in [6.07, 6.45) is 4.18. The molecular formula is C14H21ClN4O2. The highest BCUT2D eigenvalue weighted by Gasteiger charge is 2.32. The first kappa shape index (κ1) is 17.4. The number of hydrogen-bond donors (Lipinski definition) is 2. The predicted molar refractivity (Wildman–Crippen MR) is 82.1 cm³/mol. The van der Waals surface area contributed by atoms with Crippen molar-refractivity contribution in [1.82, 2.24) is 15.2 Å². The lowest BCUT2D eigenvalue weighted by Gasteiger charge is -2.34. The Labute approximate surface area is 130 Å². The molecule has 0 radical (unpaired) electrons. The van der Waals surface area contributed by atoms with Crippen molar-refractivity contribution in [2.75, 3.05) is 13.6 Å². The molecule has 3 N–H and O–H groups in total. The fourth-order valence-electron chi connectivity index (χ4n) is 2.50. The summed E-state index contributed by atoms with van der Waals surface area (Å²) in [5, 5.41) is 2.63. The van der Waals surface area contributed by atoms with Gasteiger partial charge in [0, 0.05) is 31.9 Å². The first-order valence-corrected chi connectivity index (χ1v) is 6.85.